The summed E-state index contributed by atoms with van der Waals surface area (Å²) in [5.41, 5.74) is 6.28. The van der Waals surface area contributed by atoms with Gasteiger partial charge in [-0.25, -0.2) is 10.1 Å². The molecule has 7 nitrogen and oxygen atoms in total. The van der Waals surface area contributed by atoms with E-state index in [1.54, 1.807) is 54.7 Å². The smallest absolute Gasteiger partial charge is 0.271 e. The van der Waals surface area contributed by atoms with E-state index in [2.05, 4.69) is 20.6 Å². The average Bonchev–Trinajstić information content (AvgIpc) is 3.24. The van der Waals surface area contributed by atoms with Gasteiger partial charge in [0.25, 0.3) is 5.91 Å². The van der Waals surface area contributed by atoms with Crippen LogP contribution in [0.2, 0.25) is 0 Å². The van der Waals surface area contributed by atoms with Gasteiger partial charge in [-0.3, -0.25) is 9.78 Å². The largest absolute Gasteiger partial charge is 0.497 e. The van der Waals surface area contributed by atoms with Crippen LogP contribution in [0.1, 0.15) is 15.9 Å². The van der Waals surface area contributed by atoms with Crippen LogP contribution in [0.15, 0.2) is 90.4 Å². The Labute approximate surface area is 173 Å². The average molecular weight is 397 g/mol. The molecule has 1 amide bonds. The number of aromatic nitrogens is 3. The number of para-hydroxylation sites is 1. The van der Waals surface area contributed by atoms with Gasteiger partial charge in [-0.15, -0.1) is 0 Å². The lowest BCUT2D eigenvalue weighted by Gasteiger charge is -2.02. The van der Waals surface area contributed by atoms with E-state index >= 15 is 0 Å². The van der Waals surface area contributed by atoms with Gasteiger partial charge in [0, 0.05) is 35.3 Å². The van der Waals surface area contributed by atoms with Gasteiger partial charge < -0.3 is 4.74 Å². The maximum absolute atomic E-state index is 12.3. The van der Waals surface area contributed by atoms with Crippen LogP contribution >= 0.6 is 0 Å². The highest BCUT2D eigenvalue weighted by Gasteiger charge is 2.11. The number of nitrogens with one attached hydrogen (secondary N) is 1. The van der Waals surface area contributed by atoms with Crippen LogP contribution in [0.3, 0.4) is 0 Å². The molecule has 0 fully saturated rings. The van der Waals surface area contributed by atoms with Crippen LogP contribution in [0.25, 0.3) is 16.9 Å². The molecule has 7 heteroatoms. The first kappa shape index (κ1) is 19.1. The van der Waals surface area contributed by atoms with Crippen LogP contribution in [0, 0.1) is 0 Å². The number of carbonyl (C=O) groups excluding carboxylic acids is 1. The van der Waals surface area contributed by atoms with E-state index in [0.717, 1.165) is 22.5 Å². The van der Waals surface area contributed by atoms with Crippen molar-refractivity contribution in [1.82, 2.24) is 20.2 Å². The van der Waals surface area contributed by atoms with Gasteiger partial charge in [0.15, 0.2) is 0 Å². The van der Waals surface area contributed by atoms with Crippen LogP contribution in [0.5, 0.6) is 5.75 Å². The molecule has 0 atom stereocenters. The summed E-state index contributed by atoms with van der Waals surface area (Å²) in [4.78, 5) is 16.5. The molecule has 4 aromatic rings. The normalized spacial score (nSPS) is 10.8. The lowest BCUT2D eigenvalue weighted by atomic mass is 10.1. The van der Waals surface area contributed by atoms with E-state index in [9.17, 15) is 4.79 Å². The summed E-state index contributed by atoms with van der Waals surface area (Å²) >= 11 is 0. The number of rotatable bonds is 6. The number of hydrazone groups is 1. The Hall–Kier alpha value is -4.26. The number of pyridine rings is 1. The van der Waals surface area contributed by atoms with Gasteiger partial charge in [-0.1, -0.05) is 18.2 Å². The van der Waals surface area contributed by atoms with Crippen molar-refractivity contribution in [3.05, 3.63) is 96.4 Å². The van der Waals surface area contributed by atoms with Crippen LogP contribution in [-0.2, 0) is 0 Å². The predicted molar refractivity (Wildman–Crippen MR) is 115 cm³/mol. The van der Waals surface area contributed by atoms with Crippen molar-refractivity contribution in [2.24, 2.45) is 5.10 Å². The molecule has 0 unspecified atom stereocenters. The summed E-state index contributed by atoms with van der Waals surface area (Å²) in [5, 5.41) is 8.81. The third kappa shape index (κ3) is 4.25. The molecule has 4 rings (SSSR count). The molecule has 2 aromatic heterocycles. The predicted octanol–water partition coefficient (Wildman–Crippen LogP) is 3.71. The molecule has 2 aromatic carbocycles. The first-order valence-electron chi connectivity index (χ1n) is 9.27. The quantitative estimate of drug-likeness (QED) is 0.397. The summed E-state index contributed by atoms with van der Waals surface area (Å²) < 4.78 is 6.88. The number of ether oxygens (including phenoxy) is 1. The SMILES string of the molecule is COc1ccc(C(=O)N/N=C\c2cn(-c3ccccc3)nc2-c2cccnc2)cc1. The minimum absolute atomic E-state index is 0.313. The molecule has 0 bridgehead atoms. The molecule has 0 saturated carbocycles. The Kier molecular flexibility index (Phi) is 5.61. The second-order valence-corrected chi connectivity index (χ2v) is 6.38. The van der Waals surface area contributed by atoms with Gasteiger partial charge >= 0.3 is 0 Å². The van der Waals surface area contributed by atoms with Crippen LogP contribution in [0.4, 0.5) is 0 Å². The van der Waals surface area contributed by atoms with E-state index in [4.69, 9.17) is 4.74 Å². The first-order valence-corrected chi connectivity index (χ1v) is 9.27. The Balaban J connectivity index is 1.59. The topological polar surface area (TPSA) is 81.4 Å². The number of amides is 1. The maximum atomic E-state index is 12.3. The fourth-order valence-corrected chi connectivity index (χ4v) is 2.89. The summed E-state index contributed by atoms with van der Waals surface area (Å²) in [7, 11) is 1.58. The van der Waals surface area contributed by atoms with Crippen molar-refractivity contribution in [2.45, 2.75) is 0 Å². The number of hydrogen-bond donors (Lipinski definition) is 1. The second-order valence-electron chi connectivity index (χ2n) is 6.38. The number of carbonyl (C=O) groups is 1. The molecule has 0 saturated heterocycles. The van der Waals surface area contributed by atoms with E-state index in [0.29, 0.717) is 11.3 Å². The molecule has 30 heavy (non-hydrogen) atoms. The van der Waals surface area contributed by atoms with E-state index < -0.39 is 0 Å². The van der Waals surface area contributed by atoms with Gasteiger partial charge in [0.1, 0.15) is 11.4 Å². The third-order valence-electron chi connectivity index (χ3n) is 4.42. The zero-order chi connectivity index (χ0) is 20.8. The standard InChI is InChI=1S/C23H19N5O2/c1-30-21-11-9-17(10-12-21)23(29)26-25-15-19-16-28(20-7-3-2-4-8-20)27-22(19)18-6-5-13-24-14-18/h2-16H,1H3,(H,26,29)/b25-15-. The van der Waals surface area contributed by atoms with Crippen molar-refractivity contribution in [2.75, 3.05) is 7.11 Å². The lowest BCUT2D eigenvalue weighted by molar-refractivity contribution is 0.0955. The monoisotopic (exact) mass is 397 g/mol. The molecule has 148 valence electrons. The van der Waals surface area contributed by atoms with E-state index in [-0.39, 0.29) is 5.91 Å². The molecule has 2 heterocycles. The molecule has 0 radical (unpaired) electrons. The highest BCUT2D eigenvalue weighted by atomic mass is 16.5. The van der Waals surface area contributed by atoms with Gasteiger partial charge in [-0.05, 0) is 48.5 Å². The van der Waals surface area contributed by atoms with Crippen LogP contribution in [-0.4, -0.2) is 34.0 Å². The Bertz CT molecular complexity index is 1150. The first-order chi connectivity index (χ1) is 14.7. The maximum Gasteiger partial charge on any atom is 0.271 e. The number of methoxy groups -OCH3 is 1. The molecular formula is C23H19N5O2. The molecule has 1 N–H and O–H groups in total. The molecular weight excluding hydrogens is 378 g/mol. The fourth-order valence-electron chi connectivity index (χ4n) is 2.89. The van der Waals surface area contributed by atoms with Crippen molar-refractivity contribution in [1.29, 1.82) is 0 Å². The Morgan fingerprint density at radius 3 is 2.57 bits per heavy atom. The molecule has 0 aliphatic rings. The summed E-state index contributed by atoms with van der Waals surface area (Å²) in [6, 6.07) is 20.4. The zero-order valence-electron chi connectivity index (χ0n) is 16.3. The summed E-state index contributed by atoms with van der Waals surface area (Å²) in [6.45, 7) is 0. The Morgan fingerprint density at radius 1 is 1.07 bits per heavy atom. The van der Waals surface area contributed by atoms with Crippen molar-refractivity contribution in [3.8, 4) is 22.7 Å². The second kappa shape index (κ2) is 8.83. The van der Waals surface area contributed by atoms with Gasteiger partial charge in [0.05, 0.1) is 19.0 Å². The number of nitrogens with zero attached hydrogens (tertiary/aromatic N) is 4. The highest BCUT2D eigenvalue weighted by molar-refractivity contribution is 5.95. The van der Waals surface area contributed by atoms with Crippen molar-refractivity contribution >= 4 is 12.1 Å². The minimum Gasteiger partial charge on any atom is -0.497 e. The van der Waals surface area contributed by atoms with Crippen molar-refractivity contribution < 1.29 is 9.53 Å². The Morgan fingerprint density at radius 2 is 1.87 bits per heavy atom. The van der Waals surface area contributed by atoms with Gasteiger partial charge in [0.2, 0.25) is 0 Å². The molecule has 0 spiro atoms. The third-order valence-corrected chi connectivity index (χ3v) is 4.42. The highest BCUT2D eigenvalue weighted by Crippen LogP contribution is 2.21. The van der Waals surface area contributed by atoms with Crippen LogP contribution < -0.4 is 10.2 Å². The summed E-state index contributed by atoms with van der Waals surface area (Å²) in [5.74, 6) is 0.372. The lowest BCUT2D eigenvalue weighted by Crippen LogP contribution is -2.17. The number of hydrogen-bond acceptors (Lipinski definition) is 5. The zero-order valence-corrected chi connectivity index (χ0v) is 16.3. The van der Waals surface area contributed by atoms with Gasteiger partial charge in [-0.2, -0.15) is 10.2 Å². The van der Waals surface area contributed by atoms with E-state index in [1.807, 2.05) is 48.7 Å². The minimum atomic E-state index is -0.313. The fraction of sp³-hybridized carbons (Fsp3) is 0.0435. The summed E-state index contributed by atoms with van der Waals surface area (Å²) in [6.07, 6.45) is 6.89. The number of benzene rings is 2. The van der Waals surface area contributed by atoms with Crippen molar-refractivity contribution in [3.63, 3.8) is 0 Å². The molecule has 0 aliphatic carbocycles. The van der Waals surface area contributed by atoms with E-state index in [1.165, 1.54) is 0 Å². The molecule has 0 aliphatic heterocycles.